The summed E-state index contributed by atoms with van der Waals surface area (Å²) in [6, 6.07) is 11.6. The van der Waals surface area contributed by atoms with Gasteiger partial charge in [0, 0.05) is 12.1 Å². The molecule has 0 saturated carbocycles. The van der Waals surface area contributed by atoms with E-state index in [-0.39, 0.29) is 11.3 Å². The predicted octanol–water partition coefficient (Wildman–Crippen LogP) is 5.82. The zero-order valence-electron chi connectivity index (χ0n) is 24.6. The number of Topliss-reactive ketones (excluding diaryl/α,β-unsaturated/α-hetero) is 1. The van der Waals surface area contributed by atoms with Gasteiger partial charge in [0.05, 0.1) is 31.4 Å². The third-order valence-corrected chi connectivity index (χ3v) is 6.95. The van der Waals surface area contributed by atoms with Gasteiger partial charge in [0.25, 0.3) is 11.7 Å². The number of amides is 1. The highest BCUT2D eigenvalue weighted by Gasteiger charge is 2.46. The van der Waals surface area contributed by atoms with E-state index < -0.39 is 17.7 Å². The van der Waals surface area contributed by atoms with Gasteiger partial charge in [0.2, 0.25) is 0 Å². The normalized spacial score (nSPS) is 16.6. The van der Waals surface area contributed by atoms with E-state index in [1.165, 1.54) is 0 Å². The van der Waals surface area contributed by atoms with Crippen molar-refractivity contribution >= 4 is 17.4 Å². The van der Waals surface area contributed by atoms with Crippen molar-refractivity contribution in [2.75, 3.05) is 46.0 Å². The molecule has 1 aliphatic rings. The number of carbonyl (C=O) groups is 2. The highest BCUT2D eigenvalue weighted by Crippen LogP contribution is 2.42. The molecule has 2 aromatic carbocycles. The first-order valence-electron chi connectivity index (χ1n) is 14.5. The molecule has 40 heavy (non-hydrogen) atoms. The topological polar surface area (TPSA) is 88.5 Å². The maximum Gasteiger partial charge on any atom is 0.295 e. The summed E-state index contributed by atoms with van der Waals surface area (Å²) in [5.74, 6) is 0.309. The maximum atomic E-state index is 13.5. The number of benzene rings is 2. The highest BCUT2D eigenvalue weighted by molar-refractivity contribution is 6.46. The largest absolute Gasteiger partial charge is 0.507 e. The second-order valence-corrected chi connectivity index (χ2v) is 9.73. The number of nitrogens with zero attached hydrogens (tertiary/aromatic N) is 2. The van der Waals surface area contributed by atoms with Gasteiger partial charge < -0.3 is 29.1 Å². The number of hydrogen-bond acceptors (Lipinski definition) is 7. The van der Waals surface area contributed by atoms with Crippen molar-refractivity contribution < 1.29 is 28.9 Å². The fraction of sp³-hybridized carbons (Fsp3) is 0.500. The van der Waals surface area contributed by atoms with Gasteiger partial charge in [-0.1, -0.05) is 33.8 Å². The summed E-state index contributed by atoms with van der Waals surface area (Å²) in [4.78, 5) is 30.7. The van der Waals surface area contributed by atoms with E-state index in [0.29, 0.717) is 61.2 Å². The Morgan fingerprint density at radius 2 is 1.55 bits per heavy atom. The summed E-state index contributed by atoms with van der Waals surface area (Å²) in [5, 5.41) is 11.4. The Kier molecular flexibility index (Phi) is 11.9. The first-order chi connectivity index (χ1) is 19.4. The second-order valence-electron chi connectivity index (χ2n) is 9.73. The predicted molar refractivity (Wildman–Crippen MR) is 157 cm³/mol. The van der Waals surface area contributed by atoms with Crippen LogP contribution in [0.25, 0.3) is 5.76 Å². The van der Waals surface area contributed by atoms with Crippen LogP contribution >= 0.6 is 0 Å². The molecule has 0 aromatic heterocycles. The molecule has 1 fully saturated rings. The van der Waals surface area contributed by atoms with Crippen molar-refractivity contribution in [3.05, 3.63) is 59.2 Å². The smallest absolute Gasteiger partial charge is 0.295 e. The number of aliphatic hydroxyl groups is 1. The number of rotatable bonds is 16. The minimum atomic E-state index is -0.757. The lowest BCUT2D eigenvalue weighted by Gasteiger charge is -2.27. The summed E-state index contributed by atoms with van der Waals surface area (Å²) in [5.41, 5.74) is 1.20. The van der Waals surface area contributed by atoms with Crippen molar-refractivity contribution in [1.82, 2.24) is 9.80 Å². The molecule has 8 nitrogen and oxygen atoms in total. The summed E-state index contributed by atoms with van der Waals surface area (Å²) >= 11 is 0. The van der Waals surface area contributed by atoms with E-state index in [0.717, 1.165) is 32.5 Å². The molecule has 218 valence electrons. The molecular formula is C32H44N2O6. The number of likely N-dealkylation sites (tertiary alicyclic amines) is 1. The zero-order chi connectivity index (χ0) is 29.1. The maximum absolute atomic E-state index is 13.5. The highest BCUT2D eigenvalue weighted by atomic mass is 16.5. The Morgan fingerprint density at radius 3 is 2.17 bits per heavy atom. The average Bonchev–Trinajstić information content (AvgIpc) is 3.22. The monoisotopic (exact) mass is 552 g/mol. The molecule has 1 unspecified atom stereocenters. The lowest BCUT2D eigenvalue weighted by Crippen LogP contribution is -2.33. The molecule has 1 heterocycles. The van der Waals surface area contributed by atoms with E-state index in [9.17, 15) is 14.7 Å². The number of aliphatic hydroxyl groups excluding tert-OH is 1. The Bertz CT molecular complexity index is 1160. The first kappa shape index (κ1) is 31.0. The van der Waals surface area contributed by atoms with Crippen LogP contribution in [0.3, 0.4) is 0 Å². The molecule has 0 radical (unpaired) electrons. The second kappa shape index (κ2) is 15.3. The molecule has 0 spiro atoms. The van der Waals surface area contributed by atoms with Crippen LogP contribution in [0.2, 0.25) is 0 Å². The molecule has 2 aromatic rings. The van der Waals surface area contributed by atoms with Crippen LogP contribution in [0.4, 0.5) is 0 Å². The lowest BCUT2D eigenvalue weighted by molar-refractivity contribution is -0.140. The molecule has 1 amide bonds. The van der Waals surface area contributed by atoms with Gasteiger partial charge in [-0.15, -0.1) is 0 Å². The fourth-order valence-electron chi connectivity index (χ4n) is 4.84. The van der Waals surface area contributed by atoms with Gasteiger partial charge in [-0.2, -0.15) is 0 Å². The molecule has 1 atom stereocenters. The minimum absolute atomic E-state index is 0.0692. The first-order valence-corrected chi connectivity index (χ1v) is 14.5. The quantitative estimate of drug-likeness (QED) is 0.160. The van der Waals surface area contributed by atoms with Crippen molar-refractivity contribution in [1.29, 1.82) is 0 Å². The van der Waals surface area contributed by atoms with Crippen LogP contribution in [0.5, 0.6) is 17.2 Å². The van der Waals surface area contributed by atoms with Crippen molar-refractivity contribution in [2.24, 2.45) is 0 Å². The number of carbonyl (C=O) groups excluding carboxylic acids is 2. The van der Waals surface area contributed by atoms with Gasteiger partial charge in [-0.25, -0.2) is 0 Å². The molecule has 3 rings (SSSR count). The van der Waals surface area contributed by atoms with E-state index in [1.807, 2.05) is 39.0 Å². The summed E-state index contributed by atoms with van der Waals surface area (Å²) < 4.78 is 17.4. The molecule has 1 N–H and O–H groups in total. The molecule has 0 bridgehead atoms. The van der Waals surface area contributed by atoms with Gasteiger partial charge in [0.15, 0.2) is 11.5 Å². The SMILES string of the molecule is CCCOc1ccc(C(O)=C2C(=O)C(=O)N(CCCN(CC)CC)C2c2ccc(OCCC)c(OCC)c2)cc1. The van der Waals surface area contributed by atoms with Gasteiger partial charge in [0.1, 0.15) is 11.5 Å². The number of ketones is 1. The Balaban J connectivity index is 2.06. The lowest BCUT2D eigenvalue weighted by atomic mass is 9.95. The van der Waals surface area contributed by atoms with Crippen LogP contribution in [-0.4, -0.2) is 72.6 Å². The Labute approximate surface area is 238 Å². The van der Waals surface area contributed by atoms with Gasteiger partial charge in [-0.05, 0) is 87.8 Å². The van der Waals surface area contributed by atoms with Crippen LogP contribution in [0.15, 0.2) is 48.0 Å². The van der Waals surface area contributed by atoms with Crippen molar-refractivity contribution in [3.8, 4) is 17.2 Å². The van der Waals surface area contributed by atoms with Crippen LogP contribution in [-0.2, 0) is 9.59 Å². The van der Waals surface area contributed by atoms with Crippen LogP contribution < -0.4 is 14.2 Å². The molecule has 0 aliphatic carbocycles. The standard InChI is InChI=1S/C32H44N2O6/c1-6-20-39-25-15-12-23(13-16-25)30(35)28-29(24-14-17-26(40-21-7-2)27(22-24)38-10-5)34(32(37)31(28)36)19-11-18-33(8-3)9-4/h12-17,22,29,35H,6-11,18-21H2,1-5H3. The molecule has 8 heteroatoms. The summed E-state index contributed by atoms with van der Waals surface area (Å²) in [6.45, 7) is 14.7. The van der Waals surface area contributed by atoms with E-state index >= 15 is 0 Å². The summed E-state index contributed by atoms with van der Waals surface area (Å²) in [6.07, 6.45) is 2.43. The fourth-order valence-corrected chi connectivity index (χ4v) is 4.84. The van der Waals surface area contributed by atoms with Crippen LogP contribution in [0, 0.1) is 0 Å². The average molecular weight is 553 g/mol. The van der Waals surface area contributed by atoms with Gasteiger partial charge in [-0.3, -0.25) is 9.59 Å². The minimum Gasteiger partial charge on any atom is -0.507 e. The third kappa shape index (κ3) is 7.36. The molecule has 1 saturated heterocycles. The molecular weight excluding hydrogens is 508 g/mol. The summed E-state index contributed by atoms with van der Waals surface area (Å²) in [7, 11) is 0. The number of ether oxygens (including phenoxy) is 3. The van der Waals surface area contributed by atoms with E-state index in [2.05, 4.69) is 18.7 Å². The Hall–Kier alpha value is -3.52. The van der Waals surface area contributed by atoms with Crippen LogP contribution in [0.1, 0.15) is 71.0 Å². The van der Waals surface area contributed by atoms with E-state index in [4.69, 9.17) is 14.2 Å². The Morgan fingerprint density at radius 1 is 0.875 bits per heavy atom. The number of hydrogen-bond donors (Lipinski definition) is 1. The van der Waals surface area contributed by atoms with E-state index in [1.54, 1.807) is 29.2 Å². The molecule has 1 aliphatic heterocycles. The van der Waals surface area contributed by atoms with Crippen molar-refractivity contribution in [3.63, 3.8) is 0 Å². The zero-order valence-corrected chi connectivity index (χ0v) is 24.6. The third-order valence-electron chi connectivity index (χ3n) is 6.95. The van der Waals surface area contributed by atoms with Crippen molar-refractivity contribution in [2.45, 2.75) is 59.9 Å². The van der Waals surface area contributed by atoms with Gasteiger partial charge >= 0.3 is 0 Å².